The molecule has 0 aliphatic heterocycles. The number of benzene rings is 2. The molecule has 3 aromatic rings. The van der Waals surface area contributed by atoms with E-state index in [-0.39, 0.29) is 17.2 Å². The third-order valence-electron chi connectivity index (χ3n) is 4.50. The Morgan fingerprint density at radius 3 is 2.10 bits per heavy atom. The van der Waals surface area contributed by atoms with E-state index in [1.807, 2.05) is 43.3 Å². The molecule has 1 heterocycles. The average Bonchev–Trinajstić information content (AvgIpc) is 2.62. The van der Waals surface area contributed by atoms with Crippen molar-refractivity contribution in [3.8, 4) is 0 Å². The number of anilines is 4. The van der Waals surface area contributed by atoms with Gasteiger partial charge in [0, 0.05) is 17.6 Å². The molecule has 1 aromatic heterocycles. The Kier molecular flexibility index (Phi) is 5.50. The van der Waals surface area contributed by atoms with E-state index in [1.165, 1.54) is 0 Å². The van der Waals surface area contributed by atoms with Gasteiger partial charge < -0.3 is 10.6 Å². The van der Waals surface area contributed by atoms with E-state index in [0.29, 0.717) is 5.69 Å². The first-order valence-corrected chi connectivity index (χ1v) is 9.18. The quantitative estimate of drug-likeness (QED) is 0.519. The number of aromatic nitrogens is 2. The van der Waals surface area contributed by atoms with E-state index in [4.69, 9.17) is 0 Å². The van der Waals surface area contributed by atoms with Gasteiger partial charge in [-0.25, -0.2) is 4.98 Å². The Balaban J connectivity index is 1.93. The van der Waals surface area contributed by atoms with E-state index in [0.717, 1.165) is 23.0 Å². The number of rotatable bonds is 4. The Morgan fingerprint density at radius 1 is 0.862 bits per heavy atom. The maximum absolute atomic E-state index is 13.5. The second-order valence-electron chi connectivity index (χ2n) is 7.85. The molecule has 29 heavy (non-hydrogen) atoms. The first kappa shape index (κ1) is 20.6. The van der Waals surface area contributed by atoms with E-state index in [9.17, 15) is 13.2 Å². The highest BCUT2D eigenvalue weighted by molar-refractivity contribution is 5.64. The number of nitrogens with zero attached hydrogens (tertiary/aromatic N) is 2. The second kappa shape index (κ2) is 7.73. The van der Waals surface area contributed by atoms with Crippen LogP contribution < -0.4 is 10.6 Å². The molecule has 0 aliphatic carbocycles. The summed E-state index contributed by atoms with van der Waals surface area (Å²) in [6.45, 7) is 8.11. The zero-order valence-corrected chi connectivity index (χ0v) is 16.7. The van der Waals surface area contributed by atoms with Gasteiger partial charge in [0.25, 0.3) is 0 Å². The van der Waals surface area contributed by atoms with Crippen LogP contribution in [0.2, 0.25) is 0 Å². The molecule has 152 valence electrons. The number of hydrogen-bond donors (Lipinski definition) is 2. The first-order chi connectivity index (χ1) is 13.5. The summed E-state index contributed by atoms with van der Waals surface area (Å²) < 4.78 is 40.4. The van der Waals surface area contributed by atoms with Crippen LogP contribution in [0.5, 0.6) is 0 Å². The molecule has 0 aliphatic rings. The molecule has 2 aromatic carbocycles. The van der Waals surface area contributed by atoms with Crippen molar-refractivity contribution in [3.05, 3.63) is 71.4 Å². The highest BCUT2D eigenvalue weighted by atomic mass is 19.4. The smallest absolute Gasteiger partial charge is 0.340 e. The van der Waals surface area contributed by atoms with Gasteiger partial charge >= 0.3 is 6.18 Å². The maximum Gasteiger partial charge on any atom is 0.421 e. The summed E-state index contributed by atoms with van der Waals surface area (Å²) in [7, 11) is 0. The van der Waals surface area contributed by atoms with Gasteiger partial charge in [0.15, 0.2) is 0 Å². The maximum atomic E-state index is 13.5. The Morgan fingerprint density at radius 2 is 1.52 bits per heavy atom. The van der Waals surface area contributed by atoms with Gasteiger partial charge in [-0.1, -0.05) is 51.1 Å². The van der Waals surface area contributed by atoms with E-state index >= 15 is 0 Å². The Bertz CT molecular complexity index is 990. The van der Waals surface area contributed by atoms with Crippen molar-refractivity contribution < 1.29 is 13.2 Å². The highest BCUT2D eigenvalue weighted by Crippen LogP contribution is 2.35. The normalized spacial score (nSPS) is 12.0. The number of aryl methyl sites for hydroxylation is 1. The number of halogens is 3. The van der Waals surface area contributed by atoms with Gasteiger partial charge in [-0.05, 0) is 41.7 Å². The molecule has 0 saturated carbocycles. The predicted octanol–water partition coefficient (Wildman–Crippen LogP) is 6.59. The van der Waals surface area contributed by atoms with Gasteiger partial charge in [-0.2, -0.15) is 18.2 Å². The van der Waals surface area contributed by atoms with Gasteiger partial charge in [0.05, 0.1) is 0 Å². The Hall–Kier alpha value is -3.09. The number of hydrogen-bond acceptors (Lipinski definition) is 4. The number of para-hydroxylation sites is 1. The van der Waals surface area contributed by atoms with Crippen LogP contribution >= 0.6 is 0 Å². The summed E-state index contributed by atoms with van der Waals surface area (Å²) in [4.78, 5) is 7.94. The molecule has 0 spiro atoms. The van der Waals surface area contributed by atoms with Crippen molar-refractivity contribution in [2.45, 2.75) is 39.3 Å². The number of nitrogens with one attached hydrogen (secondary N) is 2. The van der Waals surface area contributed by atoms with Crippen molar-refractivity contribution in [2.24, 2.45) is 0 Å². The third kappa shape index (κ3) is 5.04. The summed E-state index contributed by atoms with van der Waals surface area (Å²) in [5.41, 5.74) is 2.30. The van der Waals surface area contributed by atoms with Crippen molar-refractivity contribution in [1.82, 2.24) is 9.97 Å². The molecular formula is C22H23F3N4. The van der Waals surface area contributed by atoms with Crippen molar-refractivity contribution in [2.75, 3.05) is 10.6 Å². The van der Waals surface area contributed by atoms with Crippen LogP contribution in [-0.2, 0) is 11.6 Å². The fourth-order valence-electron chi connectivity index (χ4n) is 2.77. The standard InChI is InChI=1S/C22H23F3N4/c1-14-7-5-6-8-18(14)28-20-26-13-17(22(23,24)25)19(29-20)27-16-11-9-15(10-12-16)21(2,3)4/h5-13H,1-4H3,(H2,26,27,28,29). The summed E-state index contributed by atoms with van der Waals surface area (Å²) in [5, 5.41) is 5.76. The topological polar surface area (TPSA) is 49.8 Å². The largest absolute Gasteiger partial charge is 0.421 e. The molecule has 0 amide bonds. The lowest BCUT2D eigenvalue weighted by atomic mass is 9.87. The third-order valence-corrected chi connectivity index (χ3v) is 4.50. The van der Waals surface area contributed by atoms with E-state index < -0.39 is 11.7 Å². The minimum atomic E-state index is -4.57. The van der Waals surface area contributed by atoms with Gasteiger partial charge in [-0.3, -0.25) is 0 Å². The van der Waals surface area contributed by atoms with Crippen LogP contribution in [0, 0.1) is 6.92 Å². The van der Waals surface area contributed by atoms with Crippen LogP contribution in [0.15, 0.2) is 54.7 Å². The van der Waals surface area contributed by atoms with E-state index in [2.05, 4.69) is 41.4 Å². The molecule has 0 unspecified atom stereocenters. The van der Waals surface area contributed by atoms with Crippen molar-refractivity contribution in [3.63, 3.8) is 0 Å². The first-order valence-electron chi connectivity index (χ1n) is 9.18. The Labute approximate surface area is 168 Å². The van der Waals surface area contributed by atoms with Crippen LogP contribution in [0.25, 0.3) is 0 Å². The summed E-state index contributed by atoms with van der Waals surface area (Å²) in [6, 6.07) is 14.7. The zero-order chi connectivity index (χ0) is 21.2. The highest BCUT2D eigenvalue weighted by Gasteiger charge is 2.35. The van der Waals surface area contributed by atoms with E-state index in [1.54, 1.807) is 12.1 Å². The second-order valence-corrected chi connectivity index (χ2v) is 7.85. The zero-order valence-electron chi connectivity index (χ0n) is 16.7. The minimum Gasteiger partial charge on any atom is -0.340 e. The van der Waals surface area contributed by atoms with Crippen LogP contribution in [0.1, 0.15) is 37.5 Å². The van der Waals surface area contributed by atoms with Gasteiger partial charge in [-0.15, -0.1) is 0 Å². The monoisotopic (exact) mass is 400 g/mol. The molecule has 0 saturated heterocycles. The van der Waals surface area contributed by atoms with Crippen molar-refractivity contribution >= 4 is 23.1 Å². The molecule has 4 nitrogen and oxygen atoms in total. The fourth-order valence-corrected chi connectivity index (χ4v) is 2.77. The molecule has 0 atom stereocenters. The average molecular weight is 400 g/mol. The molecule has 7 heteroatoms. The summed E-state index contributed by atoms with van der Waals surface area (Å²) in [5.74, 6) is -0.215. The lowest BCUT2D eigenvalue weighted by Gasteiger charge is -2.20. The molecule has 3 rings (SSSR count). The molecule has 0 bridgehead atoms. The lowest BCUT2D eigenvalue weighted by Crippen LogP contribution is -2.13. The number of alkyl halides is 3. The van der Waals surface area contributed by atoms with Crippen LogP contribution in [0.3, 0.4) is 0 Å². The predicted molar refractivity (Wildman–Crippen MR) is 110 cm³/mol. The minimum absolute atomic E-state index is 0.0464. The van der Waals surface area contributed by atoms with Gasteiger partial charge in [0.1, 0.15) is 11.4 Å². The van der Waals surface area contributed by atoms with Crippen LogP contribution in [0.4, 0.5) is 36.3 Å². The summed E-state index contributed by atoms with van der Waals surface area (Å²) >= 11 is 0. The summed E-state index contributed by atoms with van der Waals surface area (Å²) in [6.07, 6.45) is -3.78. The molecular weight excluding hydrogens is 377 g/mol. The SMILES string of the molecule is Cc1ccccc1Nc1ncc(C(F)(F)F)c(Nc2ccc(C(C)(C)C)cc2)n1. The molecule has 0 radical (unpaired) electrons. The van der Waals surface area contributed by atoms with Crippen LogP contribution in [-0.4, -0.2) is 9.97 Å². The molecule has 0 fully saturated rings. The lowest BCUT2D eigenvalue weighted by molar-refractivity contribution is -0.137. The molecule has 2 N–H and O–H groups in total. The van der Waals surface area contributed by atoms with Crippen molar-refractivity contribution in [1.29, 1.82) is 0 Å². The fraction of sp³-hybridized carbons (Fsp3) is 0.273. The van der Waals surface area contributed by atoms with Gasteiger partial charge in [0.2, 0.25) is 5.95 Å².